The zero-order chi connectivity index (χ0) is 16.9. The highest BCUT2D eigenvalue weighted by Gasteiger charge is 2.31. The average Bonchev–Trinajstić information content (AvgIpc) is 2.63. The van der Waals surface area contributed by atoms with Gasteiger partial charge in [-0.15, -0.1) is 10.2 Å². The van der Waals surface area contributed by atoms with Crippen molar-refractivity contribution in [1.29, 1.82) is 0 Å². The normalized spacial score (nSPS) is 26.1. The van der Waals surface area contributed by atoms with E-state index in [4.69, 9.17) is 0 Å². The zero-order valence-corrected chi connectivity index (χ0v) is 14.2. The van der Waals surface area contributed by atoms with Gasteiger partial charge in [0.2, 0.25) is 0 Å². The summed E-state index contributed by atoms with van der Waals surface area (Å²) in [7, 11) is 1.58. The molecule has 2 aliphatic rings. The fourth-order valence-corrected chi connectivity index (χ4v) is 3.76. The van der Waals surface area contributed by atoms with Crippen LogP contribution in [0.2, 0.25) is 0 Å². The fraction of sp³-hybridized carbons (Fsp3) is 0.706. The van der Waals surface area contributed by atoms with Crippen molar-refractivity contribution in [3.8, 4) is 0 Å². The minimum Gasteiger partial charge on any atom is -0.391 e. The molecule has 3 rings (SSSR count). The number of anilines is 1. The molecule has 0 spiro atoms. The molecule has 2 heterocycles. The third-order valence-electron chi connectivity index (χ3n) is 5.17. The summed E-state index contributed by atoms with van der Waals surface area (Å²) in [5.74, 6) is 0.479. The number of aliphatic hydroxyl groups excluding tert-OH is 1. The molecule has 1 saturated heterocycles. The number of amides is 1. The molecular weight excluding hydrogens is 306 g/mol. The fourth-order valence-electron chi connectivity index (χ4n) is 3.76. The van der Waals surface area contributed by atoms with Crippen LogP contribution >= 0.6 is 0 Å². The largest absolute Gasteiger partial charge is 0.391 e. The molecule has 3 N–H and O–H groups in total. The summed E-state index contributed by atoms with van der Waals surface area (Å²) in [5, 5.41) is 24.2. The van der Waals surface area contributed by atoms with E-state index in [0.29, 0.717) is 23.6 Å². The van der Waals surface area contributed by atoms with Gasteiger partial charge in [0.25, 0.3) is 5.91 Å². The SMILES string of the molecule is CNC(=O)c1ccc(NC2CCN(C3CCCCC3O)CC2)nn1. The van der Waals surface area contributed by atoms with Gasteiger partial charge in [-0.2, -0.15) is 0 Å². The van der Waals surface area contributed by atoms with Gasteiger partial charge in [-0.25, -0.2) is 0 Å². The Kier molecular flexibility index (Phi) is 5.63. The number of nitrogens with zero attached hydrogens (tertiary/aromatic N) is 3. The van der Waals surface area contributed by atoms with Crippen LogP contribution in [0.1, 0.15) is 49.0 Å². The number of hydrogen-bond donors (Lipinski definition) is 3. The predicted molar refractivity (Wildman–Crippen MR) is 91.9 cm³/mol. The van der Waals surface area contributed by atoms with E-state index in [1.54, 1.807) is 19.2 Å². The monoisotopic (exact) mass is 333 g/mol. The van der Waals surface area contributed by atoms with Gasteiger partial charge in [-0.1, -0.05) is 12.8 Å². The minimum atomic E-state index is -0.228. The lowest BCUT2D eigenvalue weighted by molar-refractivity contribution is 0.00992. The Morgan fingerprint density at radius 2 is 1.92 bits per heavy atom. The molecule has 0 bridgehead atoms. The van der Waals surface area contributed by atoms with Crippen molar-refractivity contribution in [2.45, 2.75) is 56.7 Å². The molecule has 2 atom stereocenters. The number of carbonyl (C=O) groups excluding carboxylic acids is 1. The average molecular weight is 333 g/mol. The first-order chi connectivity index (χ1) is 11.7. The lowest BCUT2D eigenvalue weighted by Gasteiger charge is -2.41. The Morgan fingerprint density at radius 3 is 2.54 bits per heavy atom. The first-order valence-corrected chi connectivity index (χ1v) is 8.92. The zero-order valence-electron chi connectivity index (χ0n) is 14.2. The van der Waals surface area contributed by atoms with Gasteiger partial charge >= 0.3 is 0 Å². The Balaban J connectivity index is 1.49. The van der Waals surface area contributed by atoms with Gasteiger partial charge in [0, 0.05) is 32.2 Å². The first kappa shape index (κ1) is 17.1. The van der Waals surface area contributed by atoms with E-state index in [9.17, 15) is 9.90 Å². The molecule has 132 valence electrons. The molecule has 2 fully saturated rings. The maximum Gasteiger partial charge on any atom is 0.271 e. The van der Waals surface area contributed by atoms with Crippen molar-refractivity contribution >= 4 is 11.7 Å². The third kappa shape index (κ3) is 4.02. The van der Waals surface area contributed by atoms with Crippen molar-refractivity contribution in [3.63, 3.8) is 0 Å². The van der Waals surface area contributed by atoms with Crippen molar-refractivity contribution in [2.24, 2.45) is 0 Å². The Bertz CT molecular complexity index is 542. The van der Waals surface area contributed by atoms with Crippen LogP contribution in [0.4, 0.5) is 5.82 Å². The van der Waals surface area contributed by atoms with Crippen LogP contribution < -0.4 is 10.6 Å². The highest BCUT2D eigenvalue weighted by atomic mass is 16.3. The first-order valence-electron chi connectivity index (χ1n) is 8.92. The van der Waals surface area contributed by atoms with Gasteiger partial charge < -0.3 is 15.7 Å². The molecule has 0 radical (unpaired) electrons. The highest BCUT2D eigenvalue weighted by Crippen LogP contribution is 2.26. The number of likely N-dealkylation sites (tertiary alicyclic amines) is 1. The molecule has 0 aromatic carbocycles. The number of rotatable bonds is 4. The van der Waals surface area contributed by atoms with E-state index in [1.807, 2.05) is 0 Å². The van der Waals surface area contributed by atoms with Crippen LogP contribution in [0.25, 0.3) is 0 Å². The van der Waals surface area contributed by atoms with Crippen molar-refractivity contribution in [1.82, 2.24) is 20.4 Å². The second kappa shape index (κ2) is 7.90. The number of hydrogen-bond acceptors (Lipinski definition) is 6. The summed E-state index contributed by atoms with van der Waals surface area (Å²) in [5.41, 5.74) is 0.323. The second-order valence-corrected chi connectivity index (χ2v) is 6.76. The molecule has 1 aromatic heterocycles. The lowest BCUT2D eigenvalue weighted by atomic mass is 9.89. The number of carbonyl (C=O) groups is 1. The number of nitrogens with one attached hydrogen (secondary N) is 2. The summed E-state index contributed by atoms with van der Waals surface area (Å²) in [6, 6.07) is 4.18. The molecule has 2 unspecified atom stereocenters. The van der Waals surface area contributed by atoms with E-state index >= 15 is 0 Å². The number of piperidine rings is 1. The molecule has 1 amide bonds. The lowest BCUT2D eigenvalue weighted by Crippen LogP contribution is -2.50. The van der Waals surface area contributed by atoms with Crippen LogP contribution in [0.5, 0.6) is 0 Å². The molecule has 7 heteroatoms. The van der Waals surface area contributed by atoms with E-state index in [0.717, 1.165) is 45.2 Å². The molecule has 1 aliphatic heterocycles. The summed E-state index contributed by atoms with van der Waals surface area (Å²) < 4.78 is 0. The Morgan fingerprint density at radius 1 is 1.17 bits per heavy atom. The van der Waals surface area contributed by atoms with Gasteiger partial charge in [0.15, 0.2) is 5.69 Å². The topological polar surface area (TPSA) is 90.4 Å². The highest BCUT2D eigenvalue weighted by molar-refractivity contribution is 5.91. The Labute approximate surface area is 142 Å². The number of aliphatic hydroxyl groups is 1. The van der Waals surface area contributed by atoms with Crippen LogP contribution in [-0.4, -0.2) is 64.4 Å². The van der Waals surface area contributed by atoms with Crippen LogP contribution in [0, 0.1) is 0 Å². The van der Waals surface area contributed by atoms with E-state index in [1.165, 1.54) is 6.42 Å². The maximum atomic E-state index is 11.5. The van der Waals surface area contributed by atoms with E-state index in [2.05, 4.69) is 25.7 Å². The molecule has 1 aromatic rings. The third-order valence-corrected chi connectivity index (χ3v) is 5.17. The summed E-state index contributed by atoms with van der Waals surface area (Å²) >= 11 is 0. The second-order valence-electron chi connectivity index (χ2n) is 6.76. The summed E-state index contributed by atoms with van der Waals surface area (Å²) in [4.78, 5) is 13.9. The summed E-state index contributed by atoms with van der Waals surface area (Å²) in [6.07, 6.45) is 6.34. The van der Waals surface area contributed by atoms with Crippen molar-refractivity contribution in [2.75, 3.05) is 25.5 Å². The van der Waals surface area contributed by atoms with E-state index < -0.39 is 0 Å². The van der Waals surface area contributed by atoms with Crippen molar-refractivity contribution in [3.05, 3.63) is 17.8 Å². The van der Waals surface area contributed by atoms with Gasteiger partial charge in [-0.05, 0) is 37.8 Å². The molecule has 24 heavy (non-hydrogen) atoms. The predicted octanol–water partition coefficient (Wildman–Crippen LogP) is 1.02. The molecule has 1 aliphatic carbocycles. The van der Waals surface area contributed by atoms with Crippen molar-refractivity contribution < 1.29 is 9.90 Å². The quantitative estimate of drug-likeness (QED) is 0.762. The standard InChI is InChI=1S/C17H27N5O2/c1-18-17(24)13-6-7-16(21-20-13)19-12-8-10-22(11-9-12)14-4-2-3-5-15(14)23/h6-7,12,14-15,23H,2-5,8-11H2,1H3,(H,18,24)(H,19,21). The van der Waals surface area contributed by atoms with Gasteiger partial charge in [-0.3, -0.25) is 9.69 Å². The van der Waals surface area contributed by atoms with Crippen LogP contribution in [0.15, 0.2) is 12.1 Å². The molecular formula is C17H27N5O2. The van der Waals surface area contributed by atoms with E-state index in [-0.39, 0.29) is 12.0 Å². The van der Waals surface area contributed by atoms with Gasteiger partial charge in [0.05, 0.1) is 6.10 Å². The summed E-state index contributed by atoms with van der Waals surface area (Å²) in [6.45, 7) is 2.01. The number of aromatic nitrogens is 2. The van der Waals surface area contributed by atoms with Gasteiger partial charge in [0.1, 0.15) is 5.82 Å². The maximum absolute atomic E-state index is 11.5. The molecule has 1 saturated carbocycles. The van der Waals surface area contributed by atoms with Crippen LogP contribution in [0.3, 0.4) is 0 Å². The van der Waals surface area contributed by atoms with Crippen LogP contribution in [-0.2, 0) is 0 Å². The smallest absolute Gasteiger partial charge is 0.271 e. The Hall–Kier alpha value is -1.73. The molecule has 7 nitrogen and oxygen atoms in total. The minimum absolute atomic E-state index is 0.161.